The molecule has 0 aromatic carbocycles. The summed E-state index contributed by atoms with van der Waals surface area (Å²) in [5, 5.41) is 19.4. The van der Waals surface area contributed by atoms with Crippen LogP contribution in [0.3, 0.4) is 0 Å². The molecule has 0 aliphatic carbocycles. The molecule has 1 rings (SSSR count). The molecule has 1 aliphatic rings. The summed E-state index contributed by atoms with van der Waals surface area (Å²) in [6.45, 7) is 6.64. The first-order valence-electron chi connectivity index (χ1n) is 6.34. The van der Waals surface area contributed by atoms with Gasteiger partial charge in [-0.1, -0.05) is 0 Å². The van der Waals surface area contributed by atoms with Gasteiger partial charge in [-0.25, -0.2) is 9.59 Å². The largest absolute Gasteiger partial charge is 0.490 e. The first-order chi connectivity index (χ1) is 9.75. The number of rotatable bonds is 2. The van der Waals surface area contributed by atoms with Crippen molar-refractivity contribution >= 4 is 12.1 Å². The van der Waals surface area contributed by atoms with Crippen molar-refractivity contribution in [3.8, 4) is 0 Å². The molecule has 0 atom stereocenters. The molecular formula is C12H21F3N2O5. The minimum Gasteiger partial charge on any atom is -0.475 e. The minimum atomic E-state index is -5.08. The van der Waals surface area contributed by atoms with E-state index in [2.05, 4.69) is 5.32 Å². The average molecular weight is 330 g/mol. The van der Waals surface area contributed by atoms with E-state index in [1.807, 2.05) is 20.8 Å². The van der Waals surface area contributed by atoms with Gasteiger partial charge in [0.15, 0.2) is 0 Å². The highest BCUT2D eigenvalue weighted by Gasteiger charge is 2.44. The van der Waals surface area contributed by atoms with Gasteiger partial charge < -0.3 is 25.2 Å². The highest BCUT2D eigenvalue weighted by molar-refractivity contribution is 5.73. The number of hydrogen-bond acceptors (Lipinski definition) is 5. The van der Waals surface area contributed by atoms with Crippen molar-refractivity contribution in [2.45, 2.75) is 38.1 Å². The molecule has 0 radical (unpaired) electrons. The molecule has 0 unspecified atom stereocenters. The SMILES string of the molecule is CN(C(=O)OC(C)(C)C)C1(CO)CNC1.O=C(O)C(F)(F)F. The minimum absolute atomic E-state index is 0.0459. The van der Waals surface area contributed by atoms with Gasteiger partial charge in [0, 0.05) is 20.1 Å². The summed E-state index contributed by atoms with van der Waals surface area (Å²) in [5.41, 5.74) is -0.985. The number of aliphatic hydroxyl groups is 1. The number of nitrogens with zero attached hydrogens (tertiary/aromatic N) is 1. The zero-order valence-corrected chi connectivity index (χ0v) is 12.8. The number of amides is 1. The second kappa shape index (κ2) is 7.14. The number of ether oxygens (including phenoxy) is 1. The molecule has 3 N–H and O–H groups in total. The molecule has 22 heavy (non-hydrogen) atoms. The molecule has 1 heterocycles. The Labute approximate surface area is 126 Å². The number of carbonyl (C=O) groups is 2. The van der Waals surface area contributed by atoms with Crippen LogP contribution >= 0.6 is 0 Å². The summed E-state index contributed by atoms with van der Waals surface area (Å²) < 4.78 is 37.0. The van der Waals surface area contributed by atoms with E-state index in [0.717, 1.165) is 0 Å². The third-order valence-corrected chi connectivity index (χ3v) is 2.82. The number of carboxylic acids is 1. The molecule has 7 nitrogen and oxygen atoms in total. The molecule has 0 aromatic heterocycles. The van der Waals surface area contributed by atoms with Crippen LogP contribution in [-0.2, 0) is 9.53 Å². The van der Waals surface area contributed by atoms with E-state index in [-0.39, 0.29) is 6.61 Å². The van der Waals surface area contributed by atoms with Gasteiger partial charge in [0.2, 0.25) is 0 Å². The Morgan fingerprint density at radius 1 is 1.27 bits per heavy atom. The third kappa shape index (κ3) is 6.06. The molecule has 0 bridgehead atoms. The Bertz CT molecular complexity index is 397. The van der Waals surface area contributed by atoms with Gasteiger partial charge >= 0.3 is 18.2 Å². The molecular weight excluding hydrogens is 309 g/mol. The van der Waals surface area contributed by atoms with Crippen LogP contribution in [0.5, 0.6) is 0 Å². The van der Waals surface area contributed by atoms with Crippen LogP contribution in [0.25, 0.3) is 0 Å². The van der Waals surface area contributed by atoms with Crippen molar-refractivity contribution in [1.82, 2.24) is 10.2 Å². The summed E-state index contributed by atoms with van der Waals surface area (Å²) in [6, 6.07) is 0. The predicted molar refractivity (Wildman–Crippen MR) is 70.4 cm³/mol. The fourth-order valence-electron chi connectivity index (χ4n) is 1.39. The Morgan fingerprint density at radius 2 is 1.68 bits per heavy atom. The summed E-state index contributed by atoms with van der Waals surface area (Å²) in [7, 11) is 1.66. The van der Waals surface area contributed by atoms with Crippen molar-refractivity contribution in [3.05, 3.63) is 0 Å². The maximum absolute atomic E-state index is 11.7. The van der Waals surface area contributed by atoms with Crippen LogP contribution in [-0.4, -0.2) is 71.2 Å². The number of likely N-dealkylation sites (N-methyl/N-ethyl adjacent to an activating group) is 1. The normalized spacial score (nSPS) is 16.7. The maximum Gasteiger partial charge on any atom is 0.490 e. The number of halogens is 3. The molecule has 1 saturated heterocycles. The van der Waals surface area contributed by atoms with E-state index in [1.54, 1.807) is 7.05 Å². The van der Waals surface area contributed by atoms with Crippen molar-refractivity contribution in [3.63, 3.8) is 0 Å². The molecule has 0 saturated carbocycles. The quantitative estimate of drug-likeness (QED) is 0.693. The highest BCUT2D eigenvalue weighted by Crippen LogP contribution is 2.21. The fourth-order valence-corrected chi connectivity index (χ4v) is 1.39. The molecule has 130 valence electrons. The number of carbonyl (C=O) groups excluding carboxylic acids is 1. The monoisotopic (exact) mass is 330 g/mol. The number of hydrogen-bond donors (Lipinski definition) is 3. The highest BCUT2D eigenvalue weighted by atomic mass is 19.4. The first-order valence-corrected chi connectivity index (χ1v) is 6.34. The van der Waals surface area contributed by atoms with Gasteiger partial charge in [-0.3, -0.25) is 0 Å². The van der Waals surface area contributed by atoms with Crippen molar-refractivity contribution in [2.75, 3.05) is 26.7 Å². The van der Waals surface area contributed by atoms with Crippen molar-refractivity contribution in [2.24, 2.45) is 0 Å². The second-order valence-electron chi connectivity index (χ2n) is 5.83. The number of nitrogens with one attached hydrogen (secondary N) is 1. The number of aliphatic hydroxyl groups excluding tert-OH is 1. The molecule has 1 fully saturated rings. The zero-order chi connectivity index (χ0) is 17.8. The fraction of sp³-hybridized carbons (Fsp3) is 0.833. The molecule has 1 amide bonds. The van der Waals surface area contributed by atoms with E-state index in [0.29, 0.717) is 13.1 Å². The second-order valence-corrected chi connectivity index (χ2v) is 5.83. The van der Waals surface area contributed by atoms with Crippen LogP contribution in [0.15, 0.2) is 0 Å². The van der Waals surface area contributed by atoms with Crippen LogP contribution in [0, 0.1) is 0 Å². The van der Waals surface area contributed by atoms with E-state index < -0.39 is 29.4 Å². The molecule has 0 spiro atoms. The van der Waals surface area contributed by atoms with Crippen LogP contribution in [0.4, 0.5) is 18.0 Å². The van der Waals surface area contributed by atoms with Gasteiger partial charge in [-0.2, -0.15) is 13.2 Å². The lowest BCUT2D eigenvalue weighted by atomic mass is 9.92. The van der Waals surface area contributed by atoms with Gasteiger partial charge in [-0.05, 0) is 20.8 Å². The Morgan fingerprint density at radius 3 is 1.86 bits per heavy atom. The Kier molecular flexibility index (Phi) is 6.64. The van der Waals surface area contributed by atoms with E-state index in [4.69, 9.17) is 14.6 Å². The summed E-state index contributed by atoms with van der Waals surface area (Å²) >= 11 is 0. The predicted octanol–water partition coefficient (Wildman–Crippen LogP) is 0.821. The van der Waals surface area contributed by atoms with E-state index in [1.165, 1.54) is 4.90 Å². The van der Waals surface area contributed by atoms with Crippen molar-refractivity contribution in [1.29, 1.82) is 0 Å². The Hall–Kier alpha value is -1.55. The number of aliphatic carboxylic acids is 1. The standard InChI is InChI=1S/C10H20N2O3.C2HF3O2/c1-9(2,3)15-8(14)12(4)10(7-13)5-11-6-10;3-2(4,5)1(6)7/h11,13H,5-7H2,1-4H3;(H,6,7). The van der Waals surface area contributed by atoms with Gasteiger partial charge in [-0.15, -0.1) is 0 Å². The van der Waals surface area contributed by atoms with Gasteiger partial charge in [0.05, 0.1) is 12.1 Å². The van der Waals surface area contributed by atoms with Crippen LogP contribution < -0.4 is 5.32 Å². The summed E-state index contributed by atoms with van der Waals surface area (Å²) in [4.78, 5) is 22.1. The topological polar surface area (TPSA) is 99.1 Å². The first kappa shape index (κ1) is 20.5. The van der Waals surface area contributed by atoms with Crippen molar-refractivity contribution < 1.29 is 37.7 Å². The Balaban J connectivity index is 0.000000534. The summed E-state index contributed by atoms with van der Waals surface area (Å²) in [5.74, 6) is -2.76. The summed E-state index contributed by atoms with van der Waals surface area (Å²) in [6.07, 6.45) is -5.47. The lowest BCUT2D eigenvalue weighted by Crippen LogP contribution is -2.71. The van der Waals surface area contributed by atoms with Gasteiger partial charge in [0.25, 0.3) is 0 Å². The molecule has 0 aromatic rings. The van der Waals surface area contributed by atoms with E-state index >= 15 is 0 Å². The lowest BCUT2D eigenvalue weighted by molar-refractivity contribution is -0.192. The zero-order valence-electron chi connectivity index (χ0n) is 12.8. The van der Waals surface area contributed by atoms with Crippen LogP contribution in [0.1, 0.15) is 20.8 Å². The molecule has 1 aliphatic heterocycles. The lowest BCUT2D eigenvalue weighted by Gasteiger charge is -2.47. The van der Waals surface area contributed by atoms with E-state index in [9.17, 15) is 23.1 Å². The van der Waals surface area contributed by atoms with Gasteiger partial charge in [0.1, 0.15) is 5.60 Å². The average Bonchev–Trinajstić information content (AvgIpc) is 2.25. The number of alkyl halides is 3. The van der Waals surface area contributed by atoms with Crippen LogP contribution in [0.2, 0.25) is 0 Å². The third-order valence-electron chi connectivity index (χ3n) is 2.82. The maximum atomic E-state index is 11.7. The number of carboxylic acid groups (broad SMARTS) is 1. The molecule has 10 heteroatoms. The smallest absolute Gasteiger partial charge is 0.475 e.